The number of hydrogen-bond donors (Lipinski definition) is 1. The minimum Gasteiger partial charge on any atom is -0.396 e. The van der Waals surface area contributed by atoms with Crippen molar-refractivity contribution in [3.8, 4) is 0 Å². The van der Waals surface area contributed by atoms with Crippen LogP contribution in [0.2, 0.25) is 0 Å². The molecule has 0 radical (unpaired) electrons. The maximum Gasteiger partial charge on any atom is 0.235 e. The van der Waals surface area contributed by atoms with Crippen molar-refractivity contribution in [3.05, 3.63) is 35.4 Å². The van der Waals surface area contributed by atoms with E-state index in [1.165, 1.54) is 6.08 Å². The molecule has 68 valence electrons. The van der Waals surface area contributed by atoms with Gasteiger partial charge in [-0.05, 0) is 17.5 Å². The molecule has 0 aliphatic heterocycles. The summed E-state index contributed by atoms with van der Waals surface area (Å²) in [5.74, 6) is 0. The summed E-state index contributed by atoms with van der Waals surface area (Å²) in [6.45, 7) is 0.536. The van der Waals surface area contributed by atoms with Crippen LogP contribution in [0.25, 0.3) is 0 Å². The Bertz CT molecular complexity index is 299. The standard InChI is InChI=1S/C10H11NO2/c12-6-5-9-1-3-10(4-2-9)7-11-8-13/h1-4,12H,5-7H2. The van der Waals surface area contributed by atoms with E-state index in [-0.39, 0.29) is 6.61 Å². The summed E-state index contributed by atoms with van der Waals surface area (Å²) in [7, 11) is 0. The fourth-order valence-corrected chi connectivity index (χ4v) is 1.06. The second-order valence-corrected chi connectivity index (χ2v) is 2.70. The molecule has 0 bridgehead atoms. The van der Waals surface area contributed by atoms with Gasteiger partial charge in [-0.1, -0.05) is 24.3 Å². The van der Waals surface area contributed by atoms with Crippen LogP contribution in [0.1, 0.15) is 11.1 Å². The lowest BCUT2D eigenvalue weighted by molar-refractivity contribution is 0.299. The third-order valence-corrected chi connectivity index (χ3v) is 1.75. The Kier molecular flexibility index (Phi) is 3.89. The number of benzene rings is 1. The van der Waals surface area contributed by atoms with Gasteiger partial charge in [0, 0.05) is 6.61 Å². The second kappa shape index (κ2) is 5.25. The van der Waals surface area contributed by atoms with E-state index in [4.69, 9.17) is 5.11 Å². The predicted molar refractivity (Wildman–Crippen MR) is 49.1 cm³/mol. The molecule has 0 saturated heterocycles. The topological polar surface area (TPSA) is 49.7 Å². The van der Waals surface area contributed by atoms with Gasteiger partial charge < -0.3 is 5.11 Å². The van der Waals surface area contributed by atoms with E-state index in [9.17, 15) is 4.79 Å². The van der Waals surface area contributed by atoms with Gasteiger partial charge in [0.05, 0.1) is 6.54 Å². The molecule has 13 heavy (non-hydrogen) atoms. The van der Waals surface area contributed by atoms with E-state index in [2.05, 4.69) is 4.99 Å². The van der Waals surface area contributed by atoms with Crippen LogP contribution in [0.15, 0.2) is 29.3 Å². The Morgan fingerprint density at radius 1 is 1.23 bits per heavy atom. The monoisotopic (exact) mass is 177 g/mol. The molecule has 0 fully saturated rings. The molecule has 0 amide bonds. The molecule has 0 saturated carbocycles. The third-order valence-electron chi connectivity index (χ3n) is 1.75. The number of rotatable bonds is 4. The second-order valence-electron chi connectivity index (χ2n) is 2.70. The fraction of sp³-hybridized carbons (Fsp3) is 0.300. The number of aliphatic hydroxyl groups is 1. The summed E-state index contributed by atoms with van der Waals surface area (Å²) < 4.78 is 0. The molecule has 0 unspecified atom stereocenters. The number of aliphatic imine (C=N–C) groups is 1. The Morgan fingerprint density at radius 3 is 2.38 bits per heavy atom. The lowest BCUT2D eigenvalue weighted by Crippen LogP contribution is -1.90. The smallest absolute Gasteiger partial charge is 0.235 e. The first kappa shape index (κ1) is 9.65. The zero-order valence-electron chi connectivity index (χ0n) is 7.23. The first-order valence-electron chi connectivity index (χ1n) is 4.09. The molecule has 1 N–H and O–H groups in total. The quantitative estimate of drug-likeness (QED) is 0.552. The number of aliphatic hydroxyl groups excluding tert-OH is 1. The van der Waals surface area contributed by atoms with E-state index in [0.717, 1.165) is 11.1 Å². The van der Waals surface area contributed by atoms with Crippen molar-refractivity contribution in [2.45, 2.75) is 13.0 Å². The summed E-state index contributed by atoms with van der Waals surface area (Å²) in [5.41, 5.74) is 2.06. The van der Waals surface area contributed by atoms with Crippen molar-refractivity contribution >= 4 is 6.08 Å². The minimum atomic E-state index is 0.159. The van der Waals surface area contributed by atoms with Crippen molar-refractivity contribution in [2.75, 3.05) is 6.61 Å². The Labute approximate surface area is 76.7 Å². The molecule has 1 aromatic rings. The van der Waals surface area contributed by atoms with E-state index in [1.807, 2.05) is 24.3 Å². The Balaban J connectivity index is 2.63. The van der Waals surface area contributed by atoms with Gasteiger partial charge >= 0.3 is 0 Å². The summed E-state index contributed by atoms with van der Waals surface area (Å²) in [6.07, 6.45) is 2.15. The van der Waals surface area contributed by atoms with Crippen molar-refractivity contribution in [1.82, 2.24) is 0 Å². The molecule has 0 aliphatic carbocycles. The lowest BCUT2D eigenvalue weighted by Gasteiger charge is -1.99. The van der Waals surface area contributed by atoms with Crippen LogP contribution >= 0.6 is 0 Å². The van der Waals surface area contributed by atoms with Crippen LogP contribution in [-0.4, -0.2) is 17.8 Å². The summed E-state index contributed by atoms with van der Waals surface area (Å²) in [5, 5.41) is 8.66. The zero-order valence-corrected chi connectivity index (χ0v) is 7.23. The predicted octanol–water partition coefficient (Wildman–Crippen LogP) is 1.06. The molecule has 0 atom stereocenters. The maximum absolute atomic E-state index is 9.82. The van der Waals surface area contributed by atoms with Gasteiger partial charge in [-0.15, -0.1) is 0 Å². The molecular formula is C10H11NO2. The maximum atomic E-state index is 9.82. The van der Waals surface area contributed by atoms with Crippen molar-refractivity contribution < 1.29 is 9.90 Å². The Hall–Kier alpha value is -1.44. The van der Waals surface area contributed by atoms with Crippen LogP contribution in [-0.2, 0) is 17.8 Å². The largest absolute Gasteiger partial charge is 0.396 e. The van der Waals surface area contributed by atoms with Crippen molar-refractivity contribution in [3.63, 3.8) is 0 Å². The van der Waals surface area contributed by atoms with Crippen molar-refractivity contribution in [1.29, 1.82) is 0 Å². The summed E-state index contributed by atoms with van der Waals surface area (Å²) in [4.78, 5) is 13.3. The highest BCUT2D eigenvalue weighted by atomic mass is 16.2. The van der Waals surface area contributed by atoms with E-state index < -0.39 is 0 Å². The average Bonchev–Trinajstić information content (AvgIpc) is 2.17. The highest BCUT2D eigenvalue weighted by Gasteiger charge is 1.92. The first-order valence-corrected chi connectivity index (χ1v) is 4.09. The summed E-state index contributed by atoms with van der Waals surface area (Å²) >= 11 is 0. The van der Waals surface area contributed by atoms with Crippen LogP contribution in [0.4, 0.5) is 0 Å². The fourth-order valence-electron chi connectivity index (χ4n) is 1.06. The molecule has 3 heteroatoms. The zero-order chi connectivity index (χ0) is 9.52. The molecule has 3 nitrogen and oxygen atoms in total. The number of nitrogens with zero attached hydrogens (tertiary/aromatic N) is 1. The highest BCUT2D eigenvalue weighted by Crippen LogP contribution is 2.05. The van der Waals surface area contributed by atoms with Crippen LogP contribution < -0.4 is 0 Å². The third kappa shape index (κ3) is 3.20. The molecular weight excluding hydrogens is 166 g/mol. The van der Waals surface area contributed by atoms with Crippen LogP contribution in [0, 0.1) is 0 Å². The Morgan fingerprint density at radius 2 is 1.85 bits per heavy atom. The molecule has 0 spiro atoms. The molecule has 0 aliphatic rings. The lowest BCUT2D eigenvalue weighted by atomic mass is 10.1. The molecule has 0 aromatic heterocycles. The van der Waals surface area contributed by atoms with Gasteiger partial charge in [-0.3, -0.25) is 0 Å². The number of isocyanates is 1. The van der Waals surface area contributed by atoms with E-state index >= 15 is 0 Å². The van der Waals surface area contributed by atoms with Gasteiger partial charge in [0.2, 0.25) is 6.08 Å². The van der Waals surface area contributed by atoms with Crippen LogP contribution in [0.3, 0.4) is 0 Å². The highest BCUT2D eigenvalue weighted by molar-refractivity contribution is 5.34. The number of carbonyl (C=O) groups excluding carboxylic acids is 1. The van der Waals surface area contributed by atoms with Crippen molar-refractivity contribution in [2.24, 2.45) is 4.99 Å². The molecule has 1 rings (SSSR count). The van der Waals surface area contributed by atoms with Gasteiger partial charge in [-0.25, -0.2) is 9.79 Å². The minimum absolute atomic E-state index is 0.159. The summed E-state index contributed by atoms with van der Waals surface area (Å²) in [6, 6.07) is 7.63. The normalized spacial score (nSPS) is 9.31. The van der Waals surface area contributed by atoms with E-state index in [1.54, 1.807) is 0 Å². The van der Waals surface area contributed by atoms with E-state index in [0.29, 0.717) is 13.0 Å². The van der Waals surface area contributed by atoms with Gasteiger partial charge in [-0.2, -0.15) is 0 Å². The number of hydrogen-bond acceptors (Lipinski definition) is 3. The molecule has 0 heterocycles. The molecule has 1 aromatic carbocycles. The van der Waals surface area contributed by atoms with Crippen LogP contribution in [0.5, 0.6) is 0 Å². The average molecular weight is 177 g/mol. The first-order chi connectivity index (χ1) is 6.36. The van der Waals surface area contributed by atoms with Gasteiger partial charge in [0.15, 0.2) is 0 Å². The SMILES string of the molecule is O=C=NCc1ccc(CCO)cc1. The van der Waals surface area contributed by atoms with Gasteiger partial charge in [0.25, 0.3) is 0 Å². The van der Waals surface area contributed by atoms with Gasteiger partial charge in [0.1, 0.15) is 0 Å².